The van der Waals surface area contributed by atoms with Gasteiger partial charge in [0.15, 0.2) is 5.82 Å². The number of hydrogen-bond donors (Lipinski definition) is 0. The number of para-hydroxylation sites is 1. The predicted molar refractivity (Wildman–Crippen MR) is 57.0 cm³/mol. The molecular weight excluding hydrogens is 209 g/mol. The van der Waals surface area contributed by atoms with Crippen LogP contribution in [0, 0.1) is 11.7 Å². The van der Waals surface area contributed by atoms with E-state index in [1.165, 1.54) is 11.0 Å². The van der Waals surface area contributed by atoms with Crippen LogP contribution in [0.5, 0.6) is 5.75 Å². The number of carbonyl (C=O) groups is 1. The Morgan fingerprint density at radius 3 is 3.00 bits per heavy atom. The van der Waals surface area contributed by atoms with E-state index in [4.69, 9.17) is 4.74 Å². The maximum atomic E-state index is 13.7. The summed E-state index contributed by atoms with van der Waals surface area (Å²) >= 11 is 0. The Bertz CT molecular complexity index is 443. The molecule has 4 heteroatoms. The highest BCUT2D eigenvalue weighted by molar-refractivity contribution is 5.98. The standard InChI is InChI=1S/C12H12FNO2/c13-9-2-1-3-10-11(9)14(6-7-16-10)12(15)8-4-5-8/h1-3,8H,4-7H2. The van der Waals surface area contributed by atoms with Gasteiger partial charge in [0.1, 0.15) is 18.0 Å². The van der Waals surface area contributed by atoms with Crippen molar-refractivity contribution in [2.45, 2.75) is 12.8 Å². The van der Waals surface area contributed by atoms with Gasteiger partial charge in [0.25, 0.3) is 0 Å². The molecule has 1 aromatic rings. The van der Waals surface area contributed by atoms with Crippen molar-refractivity contribution < 1.29 is 13.9 Å². The van der Waals surface area contributed by atoms with Crippen LogP contribution in [0.25, 0.3) is 0 Å². The van der Waals surface area contributed by atoms with Crippen LogP contribution in [0.3, 0.4) is 0 Å². The lowest BCUT2D eigenvalue weighted by molar-refractivity contribution is -0.120. The van der Waals surface area contributed by atoms with Crippen molar-refractivity contribution in [1.82, 2.24) is 0 Å². The monoisotopic (exact) mass is 221 g/mol. The molecule has 0 radical (unpaired) electrons. The molecule has 1 saturated carbocycles. The number of benzene rings is 1. The summed E-state index contributed by atoms with van der Waals surface area (Å²) < 4.78 is 19.0. The van der Waals surface area contributed by atoms with Crippen LogP contribution in [-0.2, 0) is 4.79 Å². The van der Waals surface area contributed by atoms with E-state index in [0.29, 0.717) is 24.6 Å². The molecule has 2 aliphatic rings. The van der Waals surface area contributed by atoms with Gasteiger partial charge in [0.05, 0.1) is 6.54 Å². The Kier molecular flexibility index (Phi) is 2.09. The minimum absolute atomic E-state index is 0.0367. The Hall–Kier alpha value is -1.58. The van der Waals surface area contributed by atoms with E-state index >= 15 is 0 Å². The first-order valence-electron chi connectivity index (χ1n) is 5.50. The van der Waals surface area contributed by atoms with Crippen LogP contribution in [0.4, 0.5) is 10.1 Å². The van der Waals surface area contributed by atoms with E-state index in [0.717, 1.165) is 12.8 Å². The van der Waals surface area contributed by atoms with Crippen molar-refractivity contribution in [3.8, 4) is 5.75 Å². The molecule has 3 nitrogen and oxygen atoms in total. The van der Waals surface area contributed by atoms with E-state index in [9.17, 15) is 9.18 Å². The number of hydrogen-bond acceptors (Lipinski definition) is 2. The van der Waals surface area contributed by atoms with Crippen LogP contribution >= 0.6 is 0 Å². The molecule has 1 fully saturated rings. The summed E-state index contributed by atoms with van der Waals surface area (Å²) in [7, 11) is 0. The maximum absolute atomic E-state index is 13.7. The molecule has 1 aliphatic carbocycles. The first-order chi connectivity index (χ1) is 7.77. The zero-order chi connectivity index (χ0) is 11.1. The van der Waals surface area contributed by atoms with Gasteiger partial charge in [-0.05, 0) is 25.0 Å². The average Bonchev–Trinajstić information content (AvgIpc) is 3.12. The molecule has 0 saturated heterocycles. The summed E-state index contributed by atoms with van der Waals surface area (Å²) in [5.41, 5.74) is 0.311. The van der Waals surface area contributed by atoms with Crippen molar-refractivity contribution >= 4 is 11.6 Å². The second-order valence-corrected chi connectivity index (χ2v) is 4.20. The number of nitrogens with zero attached hydrogens (tertiary/aromatic N) is 1. The molecule has 0 aromatic heterocycles. The molecule has 0 unspecified atom stereocenters. The zero-order valence-electron chi connectivity index (χ0n) is 8.78. The van der Waals surface area contributed by atoms with Crippen molar-refractivity contribution in [3.05, 3.63) is 24.0 Å². The van der Waals surface area contributed by atoms with Crippen LogP contribution in [-0.4, -0.2) is 19.1 Å². The van der Waals surface area contributed by atoms with Crippen molar-refractivity contribution in [3.63, 3.8) is 0 Å². The molecule has 0 bridgehead atoms. The minimum atomic E-state index is -0.383. The highest BCUT2D eigenvalue weighted by Crippen LogP contribution is 2.38. The summed E-state index contributed by atoms with van der Waals surface area (Å²) in [5.74, 6) is 0.228. The molecule has 1 aliphatic heterocycles. The highest BCUT2D eigenvalue weighted by atomic mass is 19.1. The lowest BCUT2D eigenvalue weighted by Crippen LogP contribution is -2.39. The molecule has 0 atom stereocenters. The first kappa shape index (κ1) is 9.63. The number of halogens is 1. The fourth-order valence-corrected chi connectivity index (χ4v) is 2.00. The number of amides is 1. The summed E-state index contributed by atoms with van der Waals surface area (Å²) in [4.78, 5) is 13.5. The third kappa shape index (κ3) is 1.45. The van der Waals surface area contributed by atoms with Gasteiger partial charge in [0.2, 0.25) is 5.91 Å². The highest BCUT2D eigenvalue weighted by Gasteiger charge is 2.37. The molecule has 0 spiro atoms. The molecule has 84 valence electrons. The number of ether oxygens (including phenoxy) is 1. The Labute approximate surface area is 92.8 Å². The number of carbonyl (C=O) groups excluding carboxylic acids is 1. The van der Waals surface area contributed by atoms with Crippen LogP contribution in [0.15, 0.2) is 18.2 Å². The van der Waals surface area contributed by atoms with Gasteiger partial charge in [-0.15, -0.1) is 0 Å². The smallest absolute Gasteiger partial charge is 0.230 e. The molecule has 1 aromatic carbocycles. The molecular formula is C12H12FNO2. The number of anilines is 1. The summed E-state index contributed by atoms with van der Waals surface area (Å²) in [6, 6.07) is 4.66. The van der Waals surface area contributed by atoms with Crippen LogP contribution in [0.2, 0.25) is 0 Å². The second kappa shape index (κ2) is 3.47. The largest absolute Gasteiger partial charge is 0.489 e. The van der Waals surface area contributed by atoms with Gasteiger partial charge in [0, 0.05) is 5.92 Å². The lowest BCUT2D eigenvalue weighted by atomic mass is 10.2. The van der Waals surface area contributed by atoms with E-state index < -0.39 is 0 Å². The topological polar surface area (TPSA) is 29.5 Å². The zero-order valence-corrected chi connectivity index (χ0v) is 8.78. The number of rotatable bonds is 1. The summed E-state index contributed by atoms with van der Waals surface area (Å²) in [6.45, 7) is 0.887. The van der Waals surface area contributed by atoms with Gasteiger partial charge >= 0.3 is 0 Å². The maximum Gasteiger partial charge on any atom is 0.230 e. The van der Waals surface area contributed by atoms with Gasteiger partial charge in [-0.3, -0.25) is 4.79 Å². The molecule has 0 N–H and O–H groups in total. The third-order valence-corrected chi connectivity index (χ3v) is 2.98. The van der Waals surface area contributed by atoms with Gasteiger partial charge < -0.3 is 9.64 Å². The SMILES string of the molecule is O=C(C1CC1)N1CCOc2cccc(F)c21. The van der Waals surface area contributed by atoms with E-state index in [1.54, 1.807) is 12.1 Å². The average molecular weight is 221 g/mol. The van der Waals surface area contributed by atoms with Crippen LogP contribution in [0.1, 0.15) is 12.8 Å². The fraction of sp³-hybridized carbons (Fsp3) is 0.417. The van der Waals surface area contributed by atoms with Gasteiger partial charge in [-0.1, -0.05) is 6.07 Å². The second-order valence-electron chi connectivity index (χ2n) is 4.20. The van der Waals surface area contributed by atoms with Gasteiger partial charge in [-0.2, -0.15) is 0 Å². The number of fused-ring (bicyclic) bond motifs is 1. The van der Waals surface area contributed by atoms with E-state index in [2.05, 4.69) is 0 Å². The molecule has 16 heavy (non-hydrogen) atoms. The summed E-state index contributed by atoms with van der Waals surface area (Å²) in [6.07, 6.45) is 1.86. The quantitative estimate of drug-likeness (QED) is 0.725. The minimum Gasteiger partial charge on any atom is -0.489 e. The van der Waals surface area contributed by atoms with E-state index in [-0.39, 0.29) is 17.6 Å². The van der Waals surface area contributed by atoms with Crippen molar-refractivity contribution in [1.29, 1.82) is 0 Å². The van der Waals surface area contributed by atoms with E-state index in [1.807, 2.05) is 0 Å². The Balaban J connectivity index is 2.01. The Morgan fingerprint density at radius 1 is 1.44 bits per heavy atom. The first-order valence-corrected chi connectivity index (χ1v) is 5.50. The molecule has 1 heterocycles. The predicted octanol–water partition coefficient (Wildman–Crippen LogP) is 1.96. The Morgan fingerprint density at radius 2 is 2.25 bits per heavy atom. The van der Waals surface area contributed by atoms with Crippen LogP contribution < -0.4 is 9.64 Å². The molecule has 3 rings (SSSR count). The van der Waals surface area contributed by atoms with Gasteiger partial charge in [-0.25, -0.2) is 4.39 Å². The van der Waals surface area contributed by atoms with Crippen molar-refractivity contribution in [2.24, 2.45) is 5.92 Å². The third-order valence-electron chi connectivity index (χ3n) is 2.98. The van der Waals surface area contributed by atoms with Crippen molar-refractivity contribution in [2.75, 3.05) is 18.1 Å². The lowest BCUT2D eigenvalue weighted by Gasteiger charge is -2.29. The summed E-state index contributed by atoms with van der Waals surface area (Å²) in [5, 5.41) is 0. The fourth-order valence-electron chi connectivity index (χ4n) is 2.00. The normalized spacial score (nSPS) is 18.9. The molecule has 1 amide bonds.